The third kappa shape index (κ3) is 4.42. The van der Waals surface area contributed by atoms with Crippen molar-refractivity contribution >= 4 is 23.2 Å². The number of likely N-dealkylation sites (tertiary alicyclic amines) is 1. The normalized spacial score (nSPS) is 13.5. The molecule has 0 atom stereocenters. The van der Waals surface area contributed by atoms with E-state index in [1.165, 1.54) is 0 Å². The molecule has 27 heavy (non-hydrogen) atoms. The predicted octanol–water partition coefficient (Wildman–Crippen LogP) is 3.56. The number of rotatable bonds is 5. The van der Waals surface area contributed by atoms with E-state index >= 15 is 0 Å². The summed E-state index contributed by atoms with van der Waals surface area (Å²) in [6.07, 6.45) is 1.98. The fourth-order valence-electron chi connectivity index (χ4n) is 3.14. The van der Waals surface area contributed by atoms with Crippen LogP contribution in [0.4, 0.5) is 20.2 Å². The van der Waals surface area contributed by atoms with E-state index < -0.39 is 17.5 Å². The van der Waals surface area contributed by atoms with Gasteiger partial charge in [-0.25, -0.2) is 8.78 Å². The van der Waals surface area contributed by atoms with Gasteiger partial charge in [-0.2, -0.15) is 0 Å². The lowest BCUT2D eigenvalue weighted by atomic mass is 10.0. The van der Waals surface area contributed by atoms with Crippen LogP contribution in [0, 0.1) is 18.6 Å². The first-order valence-electron chi connectivity index (χ1n) is 8.83. The van der Waals surface area contributed by atoms with Crippen LogP contribution in [0.25, 0.3) is 0 Å². The molecule has 1 aliphatic rings. The monoisotopic (exact) mass is 373 g/mol. The molecule has 1 fully saturated rings. The summed E-state index contributed by atoms with van der Waals surface area (Å²) in [7, 11) is 0. The van der Waals surface area contributed by atoms with Gasteiger partial charge in [0.05, 0.1) is 17.8 Å². The zero-order valence-corrected chi connectivity index (χ0v) is 15.0. The average Bonchev–Trinajstić information content (AvgIpc) is 3.17. The minimum absolute atomic E-state index is 0.0651. The maximum absolute atomic E-state index is 13.6. The van der Waals surface area contributed by atoms with Crippen molar-refractivity contribution in [2.75, 3.05) is 30.3 Å². The maximum atomic E-state index is 13.6. The number of amides is 2. The van der Waals surface area contributed by atoms with Gasteiger partial charge in [0.25, 0.3) is 5.91 Å². The Morgan fingerprint density at radius 1 is 1.07 bits per heavy atom. The molecular weight excluding hydrogens is 352 g/mol. The van der Waals surface area contributed by atoms with Crippen LogP contribution in [0.5, 0.6) is 0 Å². The number of nitrogens with one attached hydrogen (secondary N) is 2. The fraction of sp³-hybridized carbons (Fsp3) is 0.300. The topological polar surface area (TPSA) is 61.4 Å². The van der Waals surface area contributed by atoms with Gasteiger partial charge in [0, 0.05) is 24.8 Å². The molecule has 2 N–H and O–H groups in total. The van der Waals surface area contributed by atoms with Gasteiger partial charge >= 0.3 is 0 Å². The van der Waals surface area contributed by atoms with Crippen molar-refractivity contribution in [1.29, 1.82) is 0 Å². The molecule has 1 saturated heterocycles. The van der Waals surface area contributed by atoms with Crippen LogP contribution < -0.4 is 10.6 Å². The Morgan fingerprint density at radius 3 is 2.56 bits per heavy atom. The van der Waals surface area contributed by atoms with Gasteiger partial charge < -0.3 is 15.5 Å². The van der Waals surface area contributed by atoms with Gasteiger partial charge in [-0.1, -0.05) is 12.1 Å². The van der Waals surface area contributed by atoms with Crippen molar-refractivity contribution in [2.45, 2.75) is 19.8 Å². The average molecular weight is 373 g/mol. The second kappa shape index (κ2) is 8.16. The molecule has 0 bridgehead atoms. The fourth-order valence-corrected chi connectivity index (χ4v) is 3.14. The summed E-state index contributed by atoms with van der Waals surface area (Å²) in [6, 6.07) is 8.21. The van der Waals surface area contributed by atoms with E-state index in [1.807, 2.05) is 13.0 Å². The van der Waals surface area contributed by atoms with Gasteiger partial charge in [0.1, 0.15) is 11.6 Å². The molecule has 0 aliphatic carbocycles. The van der Waals surface area contributed by atoms with Gasteiger partial charge in [0.15, 0.2) is 0 Å². The number of anilines is 2. The summed E-state index contributed by atoms with van der Waals surface area (Å²) in [4.78, 5) is 26.7. The Balaban J connectivity index is 1.70. The summed E-state index contributed by atoms with van der Waals surface area (Å²) in [5, 5.41) is 5.26. The lowest BCUT2D eigenvalue weighted by Gasteiger charge is -2.20. The number of benzene rings is 2. The zero-order chi connectivity index (χ0) is 19.4. The van der Waals surface area contributed by atoms with Crippen molar-refractivity contribution < 1.29 is 18.4 Å². The third-order valence-electron chi connectivity index (χ3n) is 4.52. The molecule has 142 valence electrons. The van der Waals surface area contributed by atoms with Gasteiger partial charge in [-0.05, 0) is 43.5 Å². The van der Waals surface area contributed by atoms with Gasteiger partial charge in [0.2, 0.25) is 5.91 Å². The summed E-state index contributed by atoms with van der Waals surface area (Å²) < 4.78 is 26.8. The number of hydrogen-bond acceptors (Lipinski definition) is 3. The highest BCUT2D eigenvalue weighted by molar-refractivity contribution is 6.02. The molecule has 0 aromatic heterocycles. The van der Waals surface area contributed by atoms with E-state index in [0.717, 1.165) is 49.7 Å². The number of carbonyl (C=O) groups excluding carboxylic acids is 2. The highest BCUT2D eigenvalue weighted by Gasteiger charge is 2.23. The van der Waals surface area contributed by atoms with Crippen LogP contribution in [0.1, 0.15) is 28.8 Å². The Hall–Kier alpha value is -2.96. The first kappa shape index (κ1) is 18.8. The summed E-state index contributed by atoms with van der Waals surface area (Å²) in [5.74, 6) is -1.97. The molecule has 2 amide bonds. The van der Waals surface area contributed by atoms with Crippen molar-refractivity contribution in [2.24, 2.45) is 0 Å². The molecule has 3 rings (SSSR count). The largest absolute Gasteiger partial charge is 0.375 e. The van der Waals surface area contributed by atoms with Crippen molar-refractivity contribution in [3.63, 3.8) is 0 Å². The molecule has 7 heteroatoms. The first-order chi connectivity index (χ1) is 13.0. The van der Waals surface area contributed by atoms with Gasteiger partial charge in [-0.3, -0.25) is 9.59 Å². The quantitative estimate of drug-likeness (QED) is 0.843. The molecule has 0 radical (unpaired) electrons. The van der Waals surface area contributed by atoms with Crippen LogP contribution in [0.3, 0.4) is 0 Å². The van der Waals surface area contributed by atoms with Crippen molar-refractivity contribution in [3.8, 4) is 0 Å². The van der Waals surface area contributed by atoms with Crippen LogP contribution in [0.2, 0.25) is 0 Å². The molecule has 0 unspecified atom stereocenters. The van der Waals surface area contributed by atoms with Crippen LogP contribution in [0.15, 0.2) is 36.4 Å². The number of hydrogen-bond donors (Lipinski definition) is 2. The zero-order valence-electron chi connectivity index (χ0n) is 15.0. The molecule has 0 spiro atoms. The van der Waals surface area contributed by atoms with Crippen molar-refractivity contribution in [3.05, 3.63) is 59.2 Å². The van der Waals surface area contributed by atoms with E-state index in [-0.39, 0.29) is 18.1 Å². The maximum Gasteiger partial charge on any atom is 0.256 e. The van der Waals surface area contributed by atoms with E-state index in [0.29, 0.717) is 11.3 Å². The molecule has 2 aromatic carbocycles. The molecule has 2 aromatic rings. The Bertz CT molecular complexity index is 864. The minimum Gasteiger partial charge on any atom is -0.375 e. The van der Waals surface area contributed by atoms with E-state index in [1.54, 1.807) is 17.0 Å². The summed E-state index contributed by atoms with van der Waals surface area (Å²) in [5.41, 5.74) is 1.67. The third-order valence-corrected chi connectivity index (χ3v) is 4.52. The Kier molecular flexibility index (Phi) is 5.69. The van der Waals surface area contributed by atoms with E-state index in [9.17, 15) is 18.4 Å². The molecule has 1 aliphatic heterocycles. The second-order valence-corrected chi connectivity index (χ2v) is 6.52. The highest BCUT2D eigenvalue weighted by atomic mass is 19.1. The number of nitrogens with zero attached hydrogens (tertiary/aromatic N) is 1. The summed E-state index contributed by atoms with van der Waals surface area (Å²) >= 11 is 0. The lowest BCUT2D eigenvalue weighted by Crippen LogP contribution is -2.30. The van der Waals surface area contributed by atoms with Crippen LogP contribution in [-0.4, -0.2) is 36.3 Å². The van der Waals surface area contributed by atoms with Crippen molar-refractivity contribution in [1.82, 2.24) is 4.90 Å². The molecule has 5 nitrogen and oxygen atoms in total. The highest BCUT2D eigenvalue weighted by Crippen LogP contribution is 2.23. The molecule has 0 saturated carbocycles. The number of aryl methyl sites for hydroxylation is 1. The van der Waals surface area contributed by atoms with Crippen LogP contribution in [-0.2, 0) is 4.79 Å². The number of halogens is 2. The smallest absolute Gasteiger partial charge is 0.256 e. The van der Waals surface area contributed by atoms with Crippen LogP contribution >= 0.6 is 0 Å². The SMILES string of the molecule is Cc1cccc(NCC(=O)Nc2cc(F)ccc2F)c1C(=O)N1CCCC1. The predicted molar refractivity (Wildman–Crippen MR) is 99.8 cm³/mol. The molecule has 1 heterocycles. The van der Waals surface area contributed by atoms with E-state index in [2.05, 4.69) is 10.6 Å². The first-order valence-corrected chi connectivity index (χ1v) is 8.83. The standard InChI is InChI=1S/C20H21F2N3O2/c1-13-5-4-6-16(19(13)20(27)25-9-2-3-10-25)23-12-18(26)24-17-11-14(21)7-8-15(17)22/h4-8,11,23H,2-3,9-10,12H2,1H3,(H,24,26). The molecular formula is C20H21F2N3O2. The Labute approximate surface area is 156 Å². The minimum atomic E-state index is -0.717. The van der Waals surface area contributed by atoms with Gasteiger partial charge in [-0.15, -0.1) is 0 Å². The Morgan fingerprint density at radius 2 is 1.81 bits per heavy atom. The number of carbonyl (C=O) groups is 2. The summed E-state index contributed by atoms with van der Waals surface area (Å²) in [6.45, 7) is 3.12. The van der Waals surface area contributed by atoms with E-state index in [4.69, 9.17) is 0 Å². The second-order valence-electron chi connectivity index (χ2n) is 6.52. The lowest BCUT2D eigenvalue weighted by molar-refractivity contribution is -0.114.